The van der Waals surface area contributed by atoms with Crippen molar-refractivity contribution in [1.29, 1.82) is 0 Å². The van der Waals surface area contributed by atoms with Crippen LogP contribution >= 0.6 is 0 Å². The number of amides is 1. The van der Waals surface area contributed by atoms with Gasteiger partial charge in [0, 0.05) is 26.3 Å². The number of rotatable bonds is 3. The third-order valence-corrected chi connectivity index (χ3v) is 5.47. The van der Waals surface area contributed by atoms with Crippen molar-refractivity contribution in [3.8, 4) is 0 Å². The molecule has 2 aliphatic heterocycles. The first kappa shape index (κ1) is 16.4. The number of halogens is 1. The Balaban J connectivity index is 1.92. The summed E-state index contributed by atoms with van der Waals surface area (Å²) in [7, 11) is 0. The van der Waals surface area contributed by atoms with Crippen LogP contribution in [0.3, 0.4) is 0 Å². The van der Waals surface area contributed by atoms with Crippen LogP contribution in [0.25, 0.3) is 0 Å². The van der Waals surface area contributed by atoms with E-state index in [0.717, 1.165) is 18.5 Å². The number of carbonyl (C=O) groups excluding carboxylic acids is 1. The molecule has 0 radical (unpaired) electrons. The van der Waals surface area contributed by atoms with E-state index in [2.05, 4.69) is 6.92 Å². The van der Waals surface area contributed by atoms with Crippen molar-refractivity contribution in [1.82, 2.24) is 4.90 Å². The summed E-state index contributed by atoms with van der Waals surface area (Å²) in [6.07, 6.45) is 2.13. The number of nitrogens with two attached hydrogens (primary N) is 1. The van der Waals surface area contributed by atoms with Crippen LogP contribution in [-0.4, -0.2) is 43.7 Å². The molecule has 4 nitrogen and oxygen atoms in total. The summed E-state index contributed by atoms with van der Waals surface area (Å²) in [6.45, 7) is 5.17. The Kier molecular flexibility index (Phi) is 4.43. The molecule has 1 amide bonds. The average molecular weight is 320 g/mol. The average Bonchev–Trinajstić information content (AvgIpc) is 2.98. The highest BCUT2D eigenvalue weighted by molar-refractivity contribution is 5.88. The number of ether oxygens (including phenoxy) is 1. The Morgan fingerprint density at radius 1 is 1.35 bits per heavy atom. The van der Waals surface area contributed by atoms with Gasteiger partial charge in [-0.25, -0.2) is 4.39 Å². The molecule has 126 valence electrons. The molecule has 2 fully saturated rings. The van der Waals surface area contributed by atoms with Crippen LogP contribution in [0.5, 0.6) is 0 Å². The van der Waals surface area contributed by atoms with Gasteiger partial charge in [0.15, 0.2) is 0 Å². The zero-order valence-electron chi connectivity index (χ0n) is 13.7. The second kappa shape index (κ2) is 6.21. The molecule has 2 N–H and O–H groups in total. The monoisotopic (exact) mass is 320 g/mol. The van der Waals surface area contributed by atoms with Gasteiger partial charge in [0.05, 0.1) is 5.41 Å². The fourth-order valence-corrected chi connectivity index (χ4v) is 3.80. The van der Waals surface area contributed by atoms with Crippen LogP contribution in [0.15, 0.2) is 24.3 Å². The van der Waals surface area contributed by atoms with Crippen LogP contribution in [0, 0.1) is 11.2 Å². The summed E-state index contributed by atoms with van der Waals surface area (Å²) in [5.74, 6) is -0.196. The lowest BCUT2D eigenvalue weighted by Gasteiger charge is -2.39. The molecular weight excluding hydrogens is 295 g/mol. The molecule has 1 atom stereocenters. The van der Waals surface area contributed by atoms with Gasteiger partial charge in [-0.05, 0) is 48.9 Å². The lowest BCUT2D eigenvalue weighted by molar-refractivity contribution is -0.140. The number of benzene rings is 1. The van der Waals surface area contributed by atoms with E-state index in [-0.39, 0.29) is 17.1 Å². The molecule has 3 rings (SSSR count). The van der Waals surface area contributed by atoms with Gasteiger partial charge in [0.25, 0.3) is 0 Å². The van der Waals surface area contributed by atoms with E-state index in [9.17, 15) is 9.18 Å². The van der Waals surface area contributed by atoms with Crippen molar-refractivity contribution in [2.24, 2.45) is 11.1 Å². The summed E-state index contributed by atoms with van der Waals surface area (Å²) in [5.41, 5.74) is 5.96. The van der Waals surface area contributed by atoms with E-state index >= 15 is 0 Å². The van der Waals surface area contributed by atoms with Crippen molar-refractivity contribution in [3.05, 3.63) is 35.6 Å². The smallest absolute Gasteiger partial charge is 0.233 e. The maximum absolute atomic E-state index is 13.7. The van der Waals surface area contributed by atoms with E-state index in [1.807, 2.05) is 11.0 Å². The second-order valence-corrected chi connectivity index (χ2v) is 7.20. The molecule has 1 aromatic carbocycles. The van der Waals surface area contributed by atoms with Gasteiger partial charge in [-0.3, -0.25) is 4.79 Å². The zero-order valence-corrected chi connectivity index (χ0v) is 13.7. The highest BCUT2D eigenvalue weighted by Gasteiger charge is 2.47. The van der Waals surface area contributed by atoms with Crippen LogP contribution < -0.4 is 5.73 Å². The minimum Gasteiger partial charge on any atom is -0.381 e. The van der Waals surface area contributed by atoms with E-state index < -0.39 is 5.41 Å². The molecule has 0 aliphatic carbocycles. The van der Waals surface area contributed by atoms with Crippen LogP contribution in [0.2, 0.25) is 0 Å². The maximum atomic E-state index is 13.7. The third-order valence-electron chi connectivity index (χ3n) is 5.47. The van der Waals surface area contributed by atoms with Gasteiger partial charge in [0.2, 0.25) is 5.91 Å². The highest BCUT2D eigenvalue weighted by atomic mass is 19.1. The van der Waals surface area contributed by atoms with E-state index in [0.29, 0.717) is 39.1 Å². The Bertz CT molecular complexity index is 586. The van der Waals surface area contributed by atoms with Gasteiger partial charge in [0.1, 0.15) is 5.82 Å². The van der Waals surface area contributed by atoms with Crippen molar-refractivity contribution in [2.45, 2.75) is 31.6 Å². The first-order valence-electron chi connectivity index (χ1n) is 8.32. The number of hydrogen-bond acceptors (Lipinski definition) is 3. The fraction of sp³-hybridized carbons (Fsp3) is 0.611. The van der Waals surface area contributed by atoms with Crippen molar-refractivity contribution < 1.29 is 13.9 Å². The maximum Gasteiger partial charge on any atom is 0.233 e. The lowest BCUT2D eigenvalue weighted by atomic mass is 9.73. The van der Waals surface area contributed by atoms with Gasteiger partial charge in [-0.1, -0.05) is 19.1 Å². The highest BCUT2D eigenvalue weighted by Crippen LogP contribution is 2.39. The molecule has 2 aliphatic rings. The normalized spacial score (nSPS) is 27.2. The number of carbonyl (C=O) groups is 1. The molecule has 1 unspecified atom stereocenters. The molecule has 2 heterocycles. The summed E-state index contributed by atoms with van der Waals surface area (Å²) < 4.78 is 19.2. The standard InChI is InChI=1S/C18H25FN2O2/c1-17(12-20)5-8-21(13-17)16(22)18(6-9-23-10-7-18)14-3-2-4-15(19)11-14/h2-4,11H,5-10,12-13,20H2,1H3. The SMILES string of the molecule is CC1(CN)CCN(C(=O)C2(c3cccc(F)c3)CCOCC2)C1. The van der Waals surface area contributed by atoms with Crippen LogP contribution in [0.1, 0.15) is 31.7 Å². The Labute approximate surface area is 136 Å². The third kappa shape index (κ3) is 3.00. The van der Waals surface area contributed by atoms with Gasteiger partial charge < -0.3 is 15.4 Å². The molecule has 0 bridgehead atoms. The topological polar surface area (TPSA) is 55.6 Å². The summed E-state index contributed by atoms with van der Waals surface area (Å²) in [5, 5.41) is 0. The molecular formula is C18H25FN2O2. The Hall–Kier alpha value is -1.46. The summed E-state index contributed by atoms with van der Waals surface area (Å²) in [4.78, 5) is 15.3. The fourth-order valence-electron chi connectivity index (χ4n) is 3.80. The van der Waals surface area contributed by atoms with Gasteiger partial charge in [-0.2, -0.15) is 0 Å². The van der Waals surface area contributed by atoms with Crippen LogP contribution in [-0.2, 0) is 14.9 Å². The van der Waals surface area contributed by atoms with E-state index in [1.165, 1.54) is 12.1 Å². The number of hydrogen-bond donors (Lipinski definition) is 1. The Morgan fingerprint density at radius 2 is 2.09 bits per heavy atom. The predicted octanol–water partition coefficient (Wildman–Crippen LogP) is 2.07. The first-order valence-corrected chi connectivity index (χ1v) is 8.32. The minimum absolute atomic E-state index is 0.00997. The molecule has 2 saturated heterocycles. The van der Waals surface area contributed by atoms with Crippen LogP contribution in [0.4, 0.5) is 4.39 Å². The van der Waals surface area contributed by atoms with Crippen molar-refractivity contribution >= 4 is 5.91 Å². The number of nitrogens with zero attached hydrogens (tertiary/aromatic N) is 1. The predicted molar refractivity (Wildman–Crippen MR) is 86.5 cm³/mol. The zero-order chi connectivity index (χ0) is 16.5. The molecule has 5 heteroatoms. The minimum atomic E-state index is -0.666. The van der Waals surface area contributed by atoms with Crippen molar-refractivity contribution in [2.75, 3.05) is 32.8 Å². The second-order valence-electron chi connectivity index (χ2n) is 7.20. The van der Waals surface area contributed by atoms with Crippen molar-refractivity contribution in [3.63, 3.8) is 0 Å². The molecule has 1 aromatic rings. The molecule has 0 spiro atoms. The quantitative estimate of drug-likeness (QED) is 0.927. The van der Waals surface area contributed by atoms with Gasteiger partial charge >= 0.3 is 0 Å². The largest absolute Gasteiger partial charge is 0.381 e. The van der Waals surface area contributed by atoms with E-state index in [4.69, 9.17) is 10.5 Å². The molecule has 0 saturated carbocycles. The van der Waals surface area contributed by atoms with E-state index in [1.54, 1.807) is 6.07 Å². The lowest BCUT2D eigenvalue weighted by Crippen LogP contribution is -2.50. The number of likely N-dealkylation sites (tertiary alicyclic amines) is 1. The summed E-state index contributed by atoms with van der Waals surface area (Å²) >= 11 is 0. The molecule has 23 heavy (non-hydrogen) atoms. The van der Waals surface area contributed by atoms with Gasteiger partial charge in [-0.15, -0.1) is 0 Å². The Morgan fingerprint density at radius 3 is 2.70 bits per heavy atom. The first-order chi connectivity index (χ1) is 11.0. The summed E-state index contributed by atoms with van der Waals surface area (Å²) in [6, 6.07) is 6.47. The molecule has 0 aromatic heterocycles.